The second-order valence-electron chi connectivity index (χ2n) is 3.79. The monoisotopic (exact) mass is 256 g/mol. The average molecular weight is 256 g/mol. The van der Waals surface area contributed by atoms with Crippen molar-refractivity contribution in [3.8, 4) is 0 Å². The van der Waals surface area contributed by atoms with Gasteiger partial charge >= 0.3 is 6.18 Å². The van der Waals surface area contributed by atoms with Gasteiger partial charge < -0.3 is 10.3 Å². The molecule has 0 unspecified atom stereocenters. The highest BCUT2D eigenvalue weighted by molar-refractivity contribution is 5.16. The minimum Gasteiger partial charge on any atom is -0.333 e. The fourth-order valence-electron chi connectivity index (χ4n) is 1.49. The molecule has 0 amide bonds. The number of nitrogens with zero attached hydrogens (tertiary/aromatic N) is 3. The number of pyridine rings is 1. The Morgan fingerprint density at radius 2 is 2.00 bits per heavy atom. The van der Waals surface area contributed by atoms with E-state index in [0.29, 0.717) is 18.7 Å². The number of hydrogen-bond donors (Lipinski definition) is 1. The van der Waals surface area contributed by atoms with Crippen molar-refractivity contribution in [1.29, 1.82) is 0 Å². The van der Waals surface area contributed by atoms with Crippen molar-refractivity contribution in [3.05, 3.63) is 47.8 Å². The fourth-order valence-corrected chi connectivity index (χ4v) is 1.49. The van der Waals surface area contributed by atoms with Gasteiger partial charge in [0.2, 0.25) is 0 Å². The molecule has 0 atom stereocenters. The van der Waals surface area contributed by atoms with Crippen LogP contribution in [-0.2, 0) is 19.3 Å². The molecule has 0 saturated heterocycles. The average Bonchev–Trinajstić information content (AvgIpc) is 2.76. The van der Waals surface area contributed by atoms with Crippen LogP contribution < -0.4 is 5.73 Å². The maximum absolute atomic E-state index is 12.3. The minimum absolute atomic E-state index is 0.332. The van der Waals surface area contributed by atoms with Crippen LogP contribution in [0.1, 0.15) is 17.0 Å². The Labute approximate surface area is 101 Å². The summed E-state index contributed by atoms with van der Waals surface area (Å²) in [4.78, 5) is 7.41. The molecule has 7 heteroatoms. The summed E-state index contributed by atoms with van der Waals surface area (Å²) >= 11 is 0. The lowest BCUT2D eigenvalue weighted by atomic mass is 10.2. The van der Waals surface area contributed by atoms with E-state index in [-0.39, 0.29) is 0 Å². The Balaban J connectivity index is 2.11. The lowest BCUT2D eigenvalue weighted by Gasteiger charge is -2.06. The maximum atomic E-state index is 12.3. The number of hydrogen-bond acceptors (Lipinski definition) is 3. The van der Waals surface area contributed by atoms with Crippen molar-refractivity contribution in [2.24, 2.45) is 5.73 Å². The van der Waals surface area contributed by atoms with Gasteiger partial charge in [-0.1, -0.05) is 6.07 Å². The Bertz CT molecular complexity index is 516. The Kier molecular flexibility index (Phi) is 3.33. The number of halogens is 3. The Morgan fingerprint density at radius 3 is 2.50 bits per heavy atom. The molecule has 96 valence electrons. The van der Waals surface area contributed by atoms with Gasteiger partial charge in [-0.2, -0.15) is 13.2 Å². The highest BCUT2D eigenvalue weighted by Gasteiger charge is 2.31. The zero-order chi connectivity index (χ0) is 13.2. The third-order valence-electron chi connectivity index (χ3n) is 2.38. The minimum atomic E-state index is -4.40. The van der Waals surface area contributed by atoms with Crippen LogP contribution in [0, 0.1) is 0 Å². The Hall–Kier alpha value is -1.89. The van der Waals surface area contributed by atoms with Crippen molar-refractivity contribution in [2.45, 2.75) is 19.3 Å². The summed E-state index contributed by atoms with van der Waals surface area (Å²) in [7, 11) is 0. The van der Waals surface area contributed by atoms with E-state index >= 15 is 0 Å². The molecule has 0 saturated carbocycles. The smallest absolute Gasteiger partial charge is 0.333 e. The van der Waals surface area contributed by atoms with E-state index in [9.17, 15) is 13.2 Å². The van der Waals surface area contributed by atoms with Crippen LogP contribution in [0.5, 0.6) is 0 Å². The van der Waals surface area contributed by atoms with E-state index in [1.54, 1.807) is 17.1 Å². The van der Waals surface area contributed by atoms with Crippen LogP contribution in [0.2, 0.25) is 0 Å². The first-order valence-corrected chi connectivity index (χ1v) is 5.22. The van der Waals surface area contributed by atoms with Gasteiger partial charge in [0, 0.05) is 18.9 Å². The van der Waals surface area contributed by atoms with Gasteiger partial charge in [0.15, 0.2) is 0 Å². The van der Waals surface area contributed by atoms with Crippen LogP contribution >= 0.6 is 0 Å². The molecule has 2 N–H and O–H groups in total. The van der Waals surface area contributed by atoms with E-state index < -0.39 is 11.9 Å². The van der Waals surface area contributed by atoms with Crippen molar-refractivity contribution in [3.63, 3.8) is 0 Å². The topological polar surface area (TPSA) is 56.7 Å². The lowest BCUT2D eigenvalue weighted by Crippen LogP contribution is -2.08. The first kappa shape index (κ1) is 12.6. The quantitative estimate of drug-likeness (QED) is 0.911. The van der Waals surface area contributed by atoms with Crippen molar-refractivity contribution in [2.75, 3.05) is 0 Å². The summed E-state index contributed by atoms with van der Waals surface area (Å²) in [6.45, 7) is 0.746. The molecule has 0 aliphatic carbocycles. The van der Waals surface area contributed by atoms with Crippen molar-refractivity contribution in [1.82, 2.24) is 14.5 Å². The number of rotatable bonds is 3. The van der Waals surface area contributed by atoms with E-state index in [1.807, 2.05) is 0 Å². The van der Waals surface area contributed by atoms with Crippen LogP contribution in [0.3, 0.4) is 0 Å². The van der Waals surface area contributed by atoms with Crippen LogP contribution in [0.15, 0.2) is 30.9 Å². The summed E-state index contributed by atoms with van der Waals surface area (Å²) in [6, 6.07) is 2.37. The fraction of sp³-hybridized carbons (Fsp3) is 0.273. The molecular weight excluding hydrogens is 245 g/mol. The van der Waals surface area contributed by atoms with Crippen molar-refractivity contribution >= 4 is 0 Å². The summed E-state index contributed by atoms with van der Waals surface area (Å²) in [5, 5.41) is 0. The van der Waals surface area contributed by atoms with Gasteiger partial charge in [-0.25, -0.2) is 4.98 Å². The summed E-state index contributed by atoms with van der Waals surface area (Å²) in [5.41, 5.74) is 5.92. The molecule has 0 aliphatic heterocycles. The van der Waals surface area contributed by atoms with Gasteiger partial charge in [-0.3, -0.25) is 4.98 Å². The van der Waals surface area contributed by atoms with Crippen LogP contribution in [0.25, 0.3) is 0 Å². The highest BCUT2D eigenvalue weighted by atomic mass is 19.4. The van der Waals surface area contributed by atoms with Crippen molar-refractivity contribution < 1.29 is 13.2 Å². The summed E-state index contributed by atoms with van der Waals surface area (Å²) in [5.74, 6) is 0. The number of nitrogens with two attached hydrogens (primary N) is 1. The van der Waals surface area contributed by atoms with E-state index in [1.165, 1.54) is 12.3 Å². The number of aromatic nitrogens is 3. The predicted molar refractivity (Wildman–Crippen MR) is 58.5 cm³/mol. The third-order valence-corrected chi connectivity index (χ3v) is 2.38. The molecule has 0 aromatic carbocycles. The summed E-state index contributed by atoms with van der Waals surface area (Å²) < 4.78 is 38.7. The molecular formula is C11H11F3N4. The third kappa shape index (κ3) is 2.86. The lowest BCUT2D eigenvalue weighted by molar-refractivity contribution is -0.141. The van der Waals surface area contributed by atoms with Gasteiger partial charge in [0.05, 0.1) is 18.6 Å². The van der Waals surface area contributed by atoms with E-state index in [4.69, 9.17) is 5.73 Å². The van der Waals surface area contributed by atoms with Gasteiger partial charge in [0.25, 0.3) is 0 Å². The first-order valence-electron chi connectivity index (χ1n) is 5.22. The molecule has 2 rings (SSSR count). The van der Waals surface area contributed by atoms with Gasteiger partial charge in [0.1, 0.15) is 5.69 Å². The maximum Gasteiger partial charge on any atom is 0.433 e. The molecule has 0 bridgehead atoms. The number of alkyl halides is 3. The van der Waals surface area contributed by atoms with Gasteiger partial charge in [-0.15, -0.1) is 0 Å². The van der Waals surface area contributed by atoms with E-state index in [2.05, 4.69) is 9.97 Å². The van der Waals surface area contributed by atoms with Gasteiger partial charge in [-0.05, 0) is 11.6 Å². The van der Waals surface area contributed by atoms with Crippen LogP contribution in [-0.4, -0.2) is 14.5 Å². The second-order valence-corrected chi connectivity index (χ2v) is 3.79. The Morgan fingerprint density at radius 1 is 1.22 bits per heavy atom. The second kappa shape index (κ2) is 4.77. The zero-order valence-corrected chi connectivity index (χ0v) is 9.35. The molecule has 2 aromatic rings. The molecule has 0 radical (unpaired) electrons. The highest BCUT2D eigenvalue weighted by Crippen LogP contribution is 2.27. The molecule has 2 heterocycles. The SMILES string of the molecule is NCc1cn(Cc2ccc(C(F)(F)F)nc2)cn1. The largest absolute Gasteiger partial charge is 0.433 e. The summed E-state index contributed by atoms with van der Waals surface area (Å²) in [6.07, 6.45) is 0.142. The zero-order valence-electron chi connectivity index (χ0n) is 9.35. The molecule has 0 aliphatic rings. The standard InChI is InChI=1S/C11H11F3N4/c12-11(13,14)10-2-1-8(4-16-10)5-18-6-9(3-15)17-7-18/h1-2,4,6-7H,3,5,15H2. The molecule has 18 heavy (non-hydrogen) atoms. The predicted octanol–water partition coefficient (Wildman–Crippen LogP) is 1.80. The first-order chi connectivity index (χ1) is 8.49. The van der Waals surface area contributed by atoms with Crippen LogP contribution in [0.4, 0.5) is 13.2 Å². The number of imidazole rings is 1. The normalized spacial score (nSPS) is 11.8. The molecule has 0 fully saturated rings. The molecule has 4 nitrogen and oxygen atoms in total. The molecule has 2 aromatic heterocycles. The molecule has 0 spiro atoms. The van der Waals surface area contributed by atoms with E-state index in [0.717, 1.165) is 11.8 Å².